The van der Waals surface area contributed by atoms with Crippen LogP contribution in [0, 0.1) is 0 Å². The summed E-state index contributed by atoms with van der Waals surface area (Å²) in [5.41, 5.74) is 0. The number of nitrogens with one attached hydrogen (secondary N) is 1. The van der Waals surface area contributed by atoms with Crippen LogP contribution in [-0.4, -0.2) is 42.2 Å². The van der Waals surface area contributed by atoms with Gasteiger partial charge in [0.1, 0.15) is 4.83 Å². The Balaban J connectivity index is 3.31. The van der Waals surface area contributed by atoms with Crippen molar-refractivity contribution in [1.82, 2.24) is 5.32 Å². The SMILES string of the molecule is COC(=O)C(Br)CNCCCC(C)O. The number of halogens is 1. The highest BCUT2D eigenvalue weighted by atomic mass is 79.9. The number of hydrogen-bond acceptors (Lipinski definition) is 4. The molecule has 0 heterocycles. The number of carbonyl (C=O) groups is 1. The van der Waals surface area contributed by atoms with Crippen molar-refractivity contribution in [3.05, 3.63) is 0 Å². The molecule has 0 saturated heterocycles. The van der Waals surface area contributed by atoms with Crippen molar-refractivity contribution in [3.8, 4) is 0 Å². The molecule has 0 aliphatic rings. The molecule has 84 valence electrons. The smallest absolute Gasteiger partial charge is 0.320 e. The van der Waals surface area contributed by atoms with Gasteiger partial charge in [-0.1, -0.05) is 15.9 Å². The molecule has 5 heteroatoms. The van der Waals surface area contributed by atoms with Gasteiger partial charge in [-0.05, 0) is 26.3 Å². The zero-order valence-electron chi connectivity index (χ0n) is 8.62. The zero-order valence-corrected chi connectivity index (χ0v) is 10.2. The van der Waals surface area contributed by atoms with Crippen LogP contribution in [0.2, 0.25) is 0 Å². The highest BCUT2D eigenvalue weighted by Gasteiger charge is 2.13. The van der Waals surface area contributed by atoms with E-state index < -0.39 is 0 Å². The Kier molecular flexibility index (Phi) is 8.12. The number of methoxy groups -OCH3 is 1. The molecule has 0 bridgehead atoms. The van der Waals surface area contributed by atoms with Gasteiger partial charge in [0.15, 0.2) is 0 Å². The van der Waals surface area contributed by atoms with Crippen LogP contribution in [0.3, 0.4) is 0 Å². The average molecular weight is 268 g/mol. The number of esters is 1. The number of hydrogen-bond donors (Lipinski definition) is 2. The first kappa shape index (κ1) is 13.9. The predicted molar refractivity (Wildman–Crippen MR) is 58.5 cm³/mol. The second-order valence-electron chi connectivity index (χ2n) is 3.19. The molecule has 0 spiro atoms. The second-order valence-corrected chi connectivity index (χ2v) is 4.29. The van der Waals surface area contributed by atoms with Crippen LogP contribution in [0.15, 0.2) is 0 Å². The average Bonchev–Trinajstić information content (AvgIpc) is 2.15. The third-order valence-corrected chi connectivity index (χ3v) is 2.45. The minimum Gasteiger partial charge on any atom is -0.468 e. The molecule has 0 aromatic heterocycles. The molecule has 14 heavy (non-hydrogen) atoms. The molecule has 0 aliphatic heterocycles. The second kappa shape index (κ2) is 8.20. The molecule has 0 saturated carbocycles. The minimum atomic E-state index is -0.293. The van der Waals surface area contributed by atoms with E-state index in [0.717, 1.165) is 19.4 Å². The standard InChI is InChI=1S/C9H18BrNO3/c1-7(12)4-3-5-11-6-8(10)9(13)14-2/h7-8,11-12H,3-6H2,1-2H3. The van der Waals surface area contributed by atoms with Crippen molar-refractivity contribution < 1.29 is 14.6 Å². The van der Waals surface area contributed by atoms with Gasteiger partial charge >= 0.3 is 5.97 Å². The lowest BCUT2D eigenvalue weighted by Crippen LogP contribution is -2.30. The molecule has 0 aromatic carbocycles. The van der Waals surface area contributed by atoms with Gasteiger partial charge in [0, 0.05) is 6.54 Å². The van der Waals surface area contributed by atoms with Crippen molar-refractivity contribution in [1.29, 1.82) is 0 Å². The molecule has 0 fully saturated rings. The summed E-state index contributed by atoms with van der Waals surface area (Å²) in [6.07, 6.45) is 1.42. The number of carbonyl (C=O) groups excluding carboxylic acids is 1. The number of rotatable bonds is 7. The third kappa shape index (κ3) is 7.29. The van der Waals surface area contributed by atoms with E-state index >= 15 is 0 Å². The fourth-order valence-electron chi connectivity index (χ4n) is 0.962. The maximum absolute atomic E-state index is 10.9. The Labute approximate surface area is 93.1 Å². The van der Waals surface area contributed by atoms with E-state index in [9.17, 15) is 4.79 Å². The number of alkyl halides is 1. The number of aliphatic hydroxyl groups excluding tert-OH is 1. The lowest BCUT2D eigenvalue weighted by molar-refractivity contribution is -0.139. The van der Waals surface area contributed by atoms with Crippen LogP contribution in [0.25, 0.3) is 0 Å². The monoisotopic (exact) mass is 267 g/mol. The first-order chi connectivity index (χ1) is 6.57. The molecular weight excluding hydrogens is 250 g/mol. The van der Waals surface area contributed by atoms with E-state index in [2.05, 4.69) is 26.0 Å². The zero-order chi connectivity index (χ0) is 11.0. The van der Waals surface area contributed by atoms with Gasteiger partial charge in [-0.25, -0.2) is 0 Å². The third-order valence-electron chi connectivity index (χ3n) is 1.76. The highest BCUT2D eigenvalue weighted by Crippen LogP contribution is 2.00. The van der Waals surface area contributed by atoms with Crippen molar-refractivity contribution >= 4 is 21.9 Å². The van der Waals surface area contributed by atoms with Crippen LogP contribution >= 0.6 is 15.9 Å². The summed E-state index contributed by atoms with van der Waals surface area (Å²) >= 11 is 3.20. The summed E-state index contributed by atoms with van der Waals surface area (Å²) in [5, 5.41) is 12.1. The number of ether oxygens (including phenoxy) is 1. The van der Waals surface area contributed by atoms with Gasteiger partial charge in [-0.15, -0.1) is 0 Å². The van der Waals surface area contributed by atoms with Crippen molar-refractivity contribution in [2.24, 2.45) is 0 Å². The van der Waals surface area contributed by atoms with Crippen LogP contribution in [0.4, 0.5) is 0 Å². The lowest BCUT2D eigenvalue weighted by Gasteiger charge is -2.09. The summed E-state index contributed by atoms with van der Waals surface area (Å²) in [4.78, 5) is 10.6. The molecule has 4 nitrogen and oxygen atoms in total. The Morgan fingerprint density at radius 3 is 2.79 bits per heavy atom. The summed E-state index contributed by atoms with van der Waals surface area (Å²) < 4.78 is 4.54. The van der Waals surface area contributed by atoms with E-state index in [4.69, 9.17) is 5.11 Å². The fraction of sp³-hybridized carbons (Fsp3) is 0.889. The largest absolute Gasteiger partial charge is 0.468 e. The Hall–Kier alpha value is -0.130. The van der Waals surface area contributed by atoms with Gasteiger partial charge in [0.05, 0.1) is 13.2 Å². The molecular formula is C9H18BrNO3. The normalized spacial score (nSPS) is 14.9. The topological polar surface area (TPSA) is 58.6 Å². The number of aliphatic hydroxyl groups is 1. The van der Waals surface area contributed by atoms with Crippen molar-refractivity contribution in [2.75, 3.05) is 20.2 Å². The molecule has 2 N–H and O–H groups in total. The lowest BCUT2D eigenvalue weighted by atomic mass is 10.2. The molecule has 0 amide bonds. The van der Waals surface area contributed by atoms with E-state index in [1.54, 1.807) is 6.92 Å². The van der Waals surface area contributed by atoms with Gasteiger partial charge in [0.25, 0.3) is 0 Å². The molecule has 0 aromatic rings. The van der Waals surface area contributed by atoms with Gasteiger partial charge in [-0.3, -0.25) is 4.79 Å². The molecule has 0 aliphatic carbocycles. The van der Waals surface area contributed by atoms with E-state index in [1.807, 2.05) is 0 Å². The van der Waals surface area contributed by atoms with Crippen LogP contribution in [-0.2, 0) is 9.53 Å². The first-order valence-electron chi connectivity index (χ1n) is 4.68. The summed E-state index contributed by atoms with van der Waals surface area (Å²) in [6.45, 7) is 3.11. The van der Waals surface area contributed by atoms with Crippen molar-refractivity contribution in [3.63, 3.8) is 0 Å². The Bertz CT molecular complexity index is 164. The molecule has 0 radical (unpaired) electrons. The van der Waals surface area contributed by atoms with Gasteiger partial charge < -0.3 is 15.2 Å². The maximum atomic E-state index is 10.9. The van der Waals surface area contributed by atoms with E-state index in [1.165, 1.54) is 7.11 Å². The van der Waals surface area contributed by atoms with Gasteiger partial charge in [-0.2, -0.15) is 0 Å². The Morgan fingerprint density at radius 2 is 2.29 bits per heavy atom. The van der Waals surface area contributed by atoms with E-state index in [-0.39, 0.29) is 16.9 Å². The first-order valence-corrected chi connectivity index (χ1v) is 5.60. The summed E-state index contributed by atoms with van der Waals surface area (Å²) in [5.74, 6) is -0.270. The quantitative estimate of drug-likeness (QED) is 0.405. The molecule has 2 atom stereocenters. The minimum absolute atomic E-state index is 0.253. The predicted octanol–water partition coefficient (Wildman–Crippen LogP) is 0.673. The summed E-state index contributed by atoms with van der Waals surface area (Å²) in [6, 6.07) is 0. The van der Waals surface area contributed by atoms with Crippen molar-refractivity contribution in [2.45, 2.75) is 30.7 Å². The fourth-order valence-corrected chi connectivity index (χ4v) is 1.38. The van der Waals surface area contributed by atoms with Gasteiger partial charge in [0.2, 0.25) is 0 Å². The van der Waals surface area contributed by atoms with E-state index in [0.29, 0.717) is 6.54 Å². The van der Waals surface area contributed by atoms with Crippen LogP contribution in [0.1, 0.15) is 19.8 Å². The summed E-state index contributed by atoms with van der Waals surface area (Å²) in [7, 11) is 1.37. The maximum Gasteiger partial charge on any atom is 0.320 e. The Morgan fingerprint density at radius 1 is 1.64 bits per heavy atom. The molecule has 0 rings (SSSR count). The molecule has 2 unspecified atom stereocenters. The van der Waals surface area contributed by atoms with Crippen LogP contribution in [0.5, 0.6) is 0 Å². The van der Waals surface area contributed by atoms with Crippen LogP contribution < -0.4 is 5.32 Å². The highest BCUT2D eigenvalue weighted by molar-refractivity contribution is 9.10.